The van der Waals surface area contributed by atoms with Crippen LogP contribution in [0.25, 0.3) is 11.1 Å². The topological polar surface area (TPSA) is 67.8 Å². The number of fused-ring (bicyclic) bond motifs is 3. The van der Waals surface area contributed by atoms with Crippen LogP contribution in [0.3, 0.4) is 0 Å². The van der Waals surface area contributed by atoms with Crippen LogP contribution in [0.1, 0.15) is 29.0 Å². The van der Waals surface area contributed by atoms with E-state index in [-0.39, 0.29) is 12.5 Å². The zero-order chi connectivity index (χ0) is 20.8. The van der Waals surface area contributed by atoms with Crippen molar-refractivity contribution in [3.05, 3.63) is 89.5 Å². The highest BCUT2D eigenvalue weighted by Crippen LogP contribution is 2.44. The summed E-state index contributed by atoms with van der Waals surface area (Å²) in [4.78, 5) is 12.1. The molecule has 0 heterocycles. The van der Waals surface area contributed by atoms with Gasteiger partial charge in [-0.05, 0) is 46.4 Å². The normalized spacial score (nSPS) is 12.2. The molecule has 0 bridgehead atoms. The van der Waals surface area contributed by atoms with Crippen molar-refractivity contribution in [2.45, 2.75) is 18.9 Å². The Morgan fingerprint density at radius 3 is 2.33 bits per heavy atom. The smallest absolute Gasteiger partial charge is 0.407 e. The molecule has 0 saturated heterocycles. The van der Waals surface area contributed by atoms with Crippen LogP contribution in [-0.2, 0) is 11.3 Å². The van der Waals surface area contributed by atoms with Crippen LogP contribution < -0.4 is 10.1 Å². The third-order valence-corrected chi connectivity index (χ3v) is 5.28. The third-order valence-electron chi connectivity index (χ3n) is 5.28. The van der Waals surface area contributed by atoms with E-state index in [1.807, 2.05) is 42.5 Å². The van der Waals surface area contributed by atoms with Crippen LogP contribution in [-0.4, -0.2) is 31.0 Å². The molecule has 5 nitrogen and oxygen atoms in total. The molecule has 30 heavy (non-hydrogen) atoms. The number of ether oxygens (including phenoxy) is 2. The molecule has 154 valence electrons. The first-order valence-electron chi connectivity index (χ1n) is 10.2. The predicted molar refractivity (Wildman–Crippen MR) is 116 cm³/mol. The molecule has 1 amide bonds. The number of aliphatic hydroxyl groups is 1. The van der Waals surface area contributed by atoms with Gasteiger partial charge in [-0.25, -0.2) is 4.79 Å². The Kier molecular flexibility index (Phi) is 6.30. The Morgan fingerprint density at radius 1 is 0.933 bits per heavy atom. The summed E-state index contributed by atoms with van der Waals surface area (Å²) in [6.45, 7) is 1.24. The van der Waals surface area contributed by atoms with Crippen LogP contribution in [0.4, 0.5) is 4.79 Å². The Balaban J connectivity index is 1.23. The molecule has 0 spiro atoms. The van der Waals surface area contributed by atoms with Gasteiger partial charge in [-0.3, -0.25) is 0 Å². The van der Waals surface area contributed by atoms with Gasteiger partial charge in [0.15, 0.2) is 0 Å². The quantitative estimate of drug-likeness (QED) is 0.544. The fraction of sp³-hybridized carbons (Fsp3) is 0.240. The van der Waals surface area contributed by atoms with Crippen LogP contribution >= 0.6 is 0 Å². The molecule has 3 aromatic rings. The highest BCUT2D eigenvalue weighted by molar-refractivity contribution is 5.79. The second-order valence-corrected chi connectivity index (χ2v) is 7.26. The molecule has 0 radical (unpaired) electrons. The van der Waals surface area contributed by atoms with E-state index in [4.69, 9.17) is 14.6 Å². The number of benzene rings is 3. The van der Waals surface area contributed by atoms with Crippen molar-refractivity contribution >= 4 is 6.09 Å². The molecular weight excluding hydrogens is 378 g/mol. The van der Waals surface area contributed by atoms with Crippen molar-refractivity contribution in [3.8, 4) is 16.9 Å². The summed E-state index contributed by atoms with van der Waals surface area (Å²) in [5.74, 6) is 0.771. The summed E-state index contributed by atoms with van der Waals surface area (Å²) >= 11 is 0. The number of nitrogens with one attached hydrogen (secondary N) is 1. The number of alkyl carbamates (subject to hydrolysis) is 1. The van der Waals surface area contributed by atoms with Crippen molar-refractivity contribution < 1.29 is 19.4 Å². The molecule has 1 aliphatic rings. The molecule has 4 rings (SSSR count). The molecule has 0 fully saturated rings. The minimum absolute atomic E-state index is 0.0134. The highest BCUT2D eigenvalue weighted by atomic mass is 16.5. The van der Waals surface area contributed by atoms with Gasteiger partial charge < -0.3 is 19.9 Å². The average Bonchev–Trinajstić information content (AvgIpc) is 3.11. The van der Waals surface area contributed by atoms with E-state index in [1.165, 1.54) is 22.3 Å². The highest BCUT2D eigenvalue weighted by Gasteiger charge is 2.28. The van der Waals surface area contributed by atoms with Crippen LogP contribution in [0.5, 0.6) is 5.75 Å². The van der Waals surface area contributed by atoms with E-state index >= 15 is 0 Å². The minimum atomic E-state index is -0.417. The van der Waals surface area contributed by atoms with E-state index in [9.17, 15) is 4.79 Å². The minimum Gasteiger partial charge on any atom is -0.494 e. The molecule has 0 atom stereocenters. The van der Waals surface area contributed by atoms with Crippen molar-refractivity contribution in [2.24, 2.45) is 0 Å². The van der Waals surface area contributed by atoms with Gasteiger partial charge in [0, 0.05) is 12.5 Å². The number of hydrogen-bond donors (Lipinski definition) is 2. The Bertz CT molecular complexity index is 972. The number of carbonyl (C=O) groups is 1. The van der Waals surface area contributed by atoms with Gasteiger partial charge in [-0.1, -0.05) is 60.7 Å². The summed E-state index contributed by atoms with van der Waals surface area (Å²) in [5, 5.41) is 11.9. The molecule has 3 aromatic carbocycles. The molecule has 0 saturated carbocycles. The first-order chi connectivity index (χ1) is 14.8. The lowest BCUT2D eigenvalue weighted by Crippen LogP contribution is -2.27. The van der Waals surface area contributed by atoms with Gasteiger partial charge in [0.1, 0.15) is 12.4 Å². The predicted octanol–water partition coefficient (Wildman–Crippen LogP) is 4.49. The van der Waals surface area contributed by atoms with Gasteiger partial charge in [-0.15, -0.1) is 0 Å². The number of hydrogen-bond acceptors (Lipinski definition) is 4. The van der Waals surface area contributed by atoms with Crippen molar-refractivity contribution in [1.29, 1.82) is 0 Å². The van der Waals surface area contributed by atoms with Gasteiger partial charge in [-0.2, -0.15) is 0 Å². The molecule has 0 aromatic heterocycles. The number of amides is 1. The standard InChI is InChI=1S/C25H25NO4/c27-16-18-7-5-8-19(15-18)29-14-6-13-26-25(28)30-17-24-22-11-3-1-9-20(22)21-10-2-4-12-23(21)24/h1-5,7-12,15,24,27H,6,13-14,16-17H2,(H,26,28). The van der Waals surface area contributed by atoms with Crippen LogP contribution in [0.15, 0.2) is 72.8 Å². The lowest BCUT2D eigenvalue weighted by molar-refractivity contribution is 0.142. The lowest BCUT2D eigenvalue weighted by atomic mass is 9.98. The van der Waals surface area contributed by atoms with E-state index in [0.717, 1.165) is 5.56 Å². The zero-order valence-corrected chi connectivity index (χ0v) is 16.7. The molecule has 5 heteroatoms. The zero-order valence-electron chi connectivity index (χ0n) is 16.7. The van der Waals surface area contributed by atoms with Gasteiger partial charge in [0.05, 0.1) is 13.2 Å². The lowest BCUT2D eigenvalue weighted by Gasteiger charge is -2.14. The molecule has 1 aliphatic carbocycles. The number of carbonyl (C=O) groups excluding carboxylic acids is 1. The molecule has 0 unspecified atom stereocenters. The first-order valence-corrected chi connectivity index (χ1v) is 10.2. The van der Waals surface area contributed by atoms with Gasteiger partial charge >= 0.3 is 6.09 Å². The van der Waals surface area contributed by atoms with E-state index in [1.54, 1.807) is 6.07 Å². The SMILES string of the molecule is O=C(NCCCOc1cccc(CO)c1)OCC1c2ccccc2-c2ccccc21. The number of aliphatic hydroxyl groups excluding tert-OH is 1. The first kappa shape index (κ1) is 20.0. The maximum atomic E-state index is 12.1. The fourth-order valence-electron chi connectivity index (χ4n) is 3.84. The maximum Gasteiger partial charge on any atom is 0.407 e. The molecular formula is C25H25NO4. The van der Waals surface area contributed by atoms with E-state index < -0.39 is 6.09 Å². The second-order valence-electron chi connectivity index (χ2n) is 7.26. The summed E-state index contributed by atoms with van der Waals surface area (Å²) in [5.41, 5.74) is 5.63. The fourth-order valence-corrected chi connectivity index (χ4v) is 3.84. The van der Waals surface area contributed by atoms with E-state index in [2.05, 4.69) is 29.6 Å². The Hall–Kier alpha value is -3.31. The van der Waals surface area contributed by atoms with Crippen molar-refractivity contribution in [3.63, 3.8) is 0 Å². The largest absolute Gasteiger partial charge is 0.494 e. The van der Waals surface area contributed by atoms with Crippen molar-refractivity contribution in [1.82, 2.24) is 5.32 Å². The third kappa shape index (κ3) is 4.47. The Labute approximate surface area is 176 Å². The van der Waals surface area contributed by atoms with Gasteiger partial charge in [0.25, 0.3) is 0 Å². The van der Waals surface area contributed by atoms with Crippen LogP contribution in [0.2, 0.25) is 0 Å². The summed E-state index contributed by atoms with van der Waals surface area (Å²) < 4.78 is 11.2. The molecule has 0 aliphatic heterocycles. The summed E-state index contributed by atoms with van der Waals surface area (Å²) in [6.07, 6.45) is 0.243. The van der Waals surface area contributed by atoms with E-state index in [0.29, 0.717) is 31.9 Å². The van der Waals surface area contributed by atoms with Crippen molar-refractivity contribution in [2.75, 3.05) is 19.8 Å². The molecule has 2 N–H and O–H groups in total. The van der Waals surface area contributed by atoms with Crippen LogP contribution in [0, 0.1) is 0 Å². The van der Waals surface area contributed by atoms with Gasteiger partial charge in [0.2, 0.25) is 0 Å². The summed E-state index contributed by atoms with van der Waals surface area (Å²) in [7, 11) is 0. The number of rotatable bonds is 8. The summed E-state index contributed by atoms with van der Waals surface area (Å²) in [6, 6.07) is 23.9. The second kappa shape index (κ2) is 9.46. The monoisotopic (exact) mass is 403 g/mol. The average molecular weight is 403 g/mol. The maximum absolute atomic E-state index is 12.1. The Morgan fingerprint density at radius 2 is 1.63 bits per heavy atom.